The van der Waals surface area contributed by atoms with Gasteiger partial charge in [-0.15, -0.1) is 0 Å². The highest BCUT2D eigenvalue weighted by Crippen LogP contribution is 2.27. The van der Waals surface area contributed by atoms with Gasteiger partial charge in [0.15, 0.2) is 0 Å². The molecule has 18 heavy (non-hydrogen) atoms. The molecule has 1 aromatic rings. The third-order valence-corrected chi connectivity index (χ3v) is 4.10. The summed E-state index contributed by atoms with van der Waals surface area (Å²) in [6.07, 6.45) is 1.03. The number of piperidine rings is 1. The Balaban J connectivity index is 1.75. The second-order valence-electron chi connectivity index (χ2n) is 5.20. The lowest BCUT2D eigenvalue weighted by Crippen LogP contribution is -2.43. The van der Waals surface area contributed by atoms with Crippen molar-refractivity contribution in [3.63, 3.8) is 0 Å². The molecular formula is C14H17FN2O. The minimum absolute atomic E-state index is 0.168. The molecule has 2 aliphatic heterocycles. The molecule has 2 saturated heterocycles. The van der Waals surface area contributed by atoms with Crippen molar-refractivity contribution in [2.45, 2.75) is 6.42 Å². The minimum atomic E-state index is -0.422. The van der Waals surface area contributed by atoms with Gasteiger partial charge >= 0.3 is 0 Å². The van der Waals surface area contributed by atoms with Crippen LogP contribution in [-0.2, 0) is 0 Å². The summed E-state index contributed by atoms with van der Waals surface area (Å²) < 4.78 is 13.6. The largest absolute Gasteiger partial charge is 0.338 e. The van der Waals surface area contributed by atoms with Crippen LogP contribution < -0.4 is 5.32 Å². The molecule has 2 aliphatic rings. The van der Waals surface area contributed by atoms with Gasteiger partial charge in [-0.25, -0.2) is 4.39 Å². The van der Waals surface area contributed by atoms with Gasteiger partial charge in [0.2, 0.25) is 0 Å². The molecule has 2 fully saturated rings. The summed E-state index contributed by atoms with van der Waals surface area (Å²) in [6.45, 7) is 3.54. The maximum absolute atomic E-state index is 13.6. The number of carbonyl (C=O) groups is 1. The summed E-state index contributed by atoms with van der Waals surface area (Å²) in [5.74, 6) is 0.636. The first-order valence-electron chi connectivity index (χ1n) is 6.50. The number of nitrogens with one attached hydrogen (secondary N) is 1. The predicted octanol–water partition coefficient (Wildman–Crippen LogP) is 1.51. The van der Waals surface area contributed by atoms with Gasteiger partial charge in [0, 0.05) is 13.1 Å². The molecule has 0 aromatic heterocycles. The molecule has 0 saturated carbocycles. The van der Waals surface area contributed by atoms with E-state index in [4.69, 9.17) is 0 Å². The summed E-state index contributed by atoms with van der Waals surface area (Å²) in [4.78, 5) is 14.1. The van der Waals surface area contributed by atoms with E-state index in [1.165, 1.54) is 6.07 Å². The van der Waals surface area contributed by atoms with E-state index >= 15 is 0 Å². The van der Waals surface area contributed by atoms with Gasteiger partial charge in [0.1, 0.15) is 5.82 Å². The smallest absolute Gasteiger partial charge is 0.256 e. The van der Waals surface area contributed by atoms with Gasteiger partial charge in [-0.3, -0.25) is 4.79 Å². The number of rotatable bonds is 1. The average Bonchev–Trinajstić information content (AvgIpc) is 2.85. The SMILES string of the molecule is O=C(c1ccccc1F)N1CCC2CNCC2C1. The zero-order chi connectivity index (χ0) is 12.5. The molecule has 2 unspecified atom stereocenters. The Kier molecular flexibility index (Phi) is 3.04. The average molecular weight is 248 g/mol. The fourth-order valence-corrected chi connectivity index (χ4v) is 3.02. The van der Waals surface area contributed by atoms with Crippen molar-refractivity contribution in [2.75, 3.05) is 26.2 Å². The summed E-state index contributed by atoms with van der Waals surface area (Å²) >= 11 is 0. The molecule has 2 heterocycles. The van der Waals surface area contributed by atoms with Gasteiger partial charge in [0.05, 0.1) is 5.56 Å². The molecule has 0 spiro atoms. The molecule has 0 bridgehead atoms. The lowest BCUT2D eigenvalue weighted by atomic mass is 9.88. The van der Waals surface area contributed by atoms with Crippen LogP contribution in [0.5, 0.6) is 0 Å². The third kappa shape index (κ3) is 2.01. The lowest BCUT2D eigenvalue weighted by Gasteiger charge is -2.34. The van der Waals surface area contributed by atoms with E-state index in [1.807, 2.05) is 0 Å². The van der Waals surface area contributed by atoms with E-state index < -0.39 is 5.82 Å². The highest BCUT2D eigenvalue weighted by Gasteiger charge is 2.35. The van der Waals surface area contributed by atoms with Crippen LogP contribution in [0.15, 0.2) is 24.3 Å². The number of carbonyl (C=O) groups excluding carboxylic acids is 1. The maximum atomic E-state index is 13.6. The highest BCUT2D eigenvalue weighted by molar-refractivity contribution is 5.94. The Morgan fingerprint density at radius 2 is 2.06 bits per heavy atom. The van der Waals surface area contributed by atoms with Gasteiger partial charge in [-0.2, -0.15) is 0 Å². The Bertz CT molecular complexity index is 463. The molecule has 1 aromatic carbocycles. The van der Waals surface area contributed by atoms with Crippen molar-refractivity contribution >= 4 is 5.91 Å². The molecule has 4 heteroatoms. The second-order valence-corrected chi connectivity index (χ2v) is 5.20. The van der Waals surface area contributed by atoms with Gasteiger partial charge in [0.25, 0.3) is 5.91 Å². The van der Waals surface area contributed by atoms with Crippen molar-refractivity contribution in [1.29, 1.82) is 0 Å². The van der Waals surface area contributed by atoms with E-state index in [9.17, 15) is 9.18 Å². The molecule has 0 radical (unpaired) electrons. The second kappa shape index (κ2) is 4.69. The standard InChI is InChI=1S/C14H17FN2O/c15-13-4-2-1-3-12(13)14(18)17-6-5-10-7-16-8-11(10)9-17/h1-4,10-11,16H,5-9H2. The Morgan fingerprint density at radius 1 is 1.28 bits per heavy atom. The first-order chi connectivity index (χ1) is 8.75. The topological polar surface area (TPSA) is 32.3 Å². The van der Waals surface area contributed by atoms with E-state index in [0.29, 0.717) is 11.8 Å². The quantitative estimate of drug-likeness (QED) is 0.817. The number of amides is 1. The van der Waals surface area contributed by atoms with Crippen molar-refractivity contribution in [2.24, 2.45) is 11.8 Å². The van der Waals surface area contributed by atoms with Crippen molar-refractivity contribution < 1.29 is 9.18 Å². The zero-order valence-electron chi connectivity index (χ0n) is 10.2. The molecule has 1 amide bonds. The first kappa shape index (κ1) is 11.7. The van der Waals surface area contributed by atoms with Gasteiger partial charge in [-0.1, -0.05) is 12.1 Å². The Labute approximate surface area is 106 Å². The minimum Gasteiger partial charge on any atom is -0.338 e. The first-order valence-corrected chi connectivity index (χ1v) is 6.50. The van der Waals surface area contributed by atoms with E-state index in [1.54, 1.807) is 23.1 Å². The molecule has 2 atom stereocenters. The number of benzene rings is 1. The van der Waals surface area contributed by atoms with Crippen LogP contribution in [0.2, 0.25) is 0 Å². The highest BCUT2D eigenvalue weighted by atomic mass is 19.1. The normalized spacial score (nSPS) is 27.1. The molecule has 3 nitrogen and oxygen atoms in total. The number of hydrogen-bond acceptors (Lipinski definition) is 2. The maximum Gasteiger partial charge on any atom is 0.256 e. The monoisotopic (exact) mass is 248 g/mol. The van der Waals surface area contributed by atoms with Crippen LogP contribution in [0, 0.1) is 17.7 Å². The van der Waals surface area contributed by atoms with E-state index in [-0.39, 0.29) is 11.5 Å². The number of nitrogens with zero attached hydrogens (tertiary/aromatic N) is 1. The summed E-state index contributed by atoms with van der Waals surface area (Å²) in [6, 6.07) is 6.23. The van der Waals surface area contributed by atoms with Crippen molar-refractivity contribution in [3.05, 3.63) is 35.6 Å². The molecule has 1 N–H and O–H groups in total. The number of halogens is 1. The molecule has 96 valence electrons. The molecule has 0 aliphatic carbocycles. The molecular weight excluding hydrogens is 231 g/mol. The third-order valence-electron chi connectivity index (χ3n) is 4.10. The summed E-state index contributed by atoms with van der Waals surface area (Å²) in [5, 5.41) is 3.36. The number of fused-ring (bicyclic) bond motifs is 1. The van der Waals surface area contributed by atoms with Gasteiger partial charge < -0.3 is 10.2 Å². The van der Waals surface area contributed by atoms with Crippen LogP contribution >= 0.6 is 0 Å². The van der Waals surface area contributed by atoms with Crippen LogP contribution in [0.1, 0.15) is 16.8 Å². The van der Waals surface area contributed by atoms with Crippen LogP contribution in [0.4, 0.5) is 4.39 Å². The van der Waals surface area contributed by atoms with Crippen LogP contribution in [-0.4, -0.2) is 37.0 Å². The van der Waals surface area contributed by atoms with E-state index in [2.05, 4.69) is 5.32 Å². The van der Waals surface area contributed by atoms with E-state index in [0.717, 1.165) is 32.6 Å². The zero-order valence-corrected chi connectivity index (χ0v) is 10.2. The fourth-order valence-electron chi connectivity index (χ4n) is 3.02. The van der Waals surface area contributed by atoms with Gasteiger partial charge in [-0.05, 0) is 43.5 Å². The van der Waals surface area contributed by atoms with Crippen molar-refractivity contribution in [1.82, 2.24) is 10.2 Å². The van der Waals surface area contributed by atoms with Crippen LogP contribution in [0.3, 0.4) is 0 Å². The Hall–Kier alpha value is -1.42. The lowest BCUT2D eigenvalue weighted by molar-refractivity contribution is 0.0638. The Morgan fingerprint density at radius 3 is 2.89 bits per heavy atom. The van der Waals surface area contributed by atoms with Crippen LogP contribution in [0.25, 0.3) is 0 Å². The fraction of sp³-hybridized carbons (Fsp3) is 0.500. The molecule has 3 rings (SSSR count). The number of likely N-dealkylation sites (tertiary alicyclic amines) is 1. The summed E-state index contributed by atoms with van der Waals surface area (Å²) in [5.41, 5.74) is 0.196. The summed E-state index contributed by atoms with van der Waals surface area (Å²) in [7, 11) is 0. The van der Waals surface area contributed by atoms with Crippen molar-refractivity contribution in [3.8, 4) is 0 Å². The number of hydrogen-bond donors (Lipinski definition) is 1. The predicted molar refractivity (Wildman–Crippen MR) is 66.8 cm³/mol.